The van der Waals surface area contributed by atoms with Crippen molar-refractivity contribution in [3.8, 4) is 0 Å². The second kappa shape index (κ2) is 14.2. The van der Waals surface area contributed by atoms with E-state index in [0.717, 1.165) is 50.5 Å². The van der Waals surface area contributed by atoms with Crippen molar-refractivity contribution in [2.45, 2.75) is 79.6 Å². The Bertz CT molecular complexity index is 957. The van der Waals surface area contributed by atoms with Crippen molar-refractivity contribution in [2.75, 3.05) is 6.61 Å². The molecule has 0 radical (unpaired) electrons. The van der Waals surface area contributed by atoms with Crippen LogP contribution in [0, 0.1) is 23.2 Å². The summed E-state index contributed by atoms with van der Waals surface area (Å²) in [7, 11) is 0. The molecule has 0 spiro atoms. The van der Waals surface area contributed by atoms with Gasteiger partial charge in [-0.05, 0) is 107 Å². The molecule has 36 heavy (non-hydrogen) atoms. The van der Waals surface area contributed by atoms with E-state index in [9.17, 15) is 4.79 Å². The first-order valence-electron chi connectivity index (χ1n) is 13.6. The summed E-state index contributed by atoms with van der Waals surface area (Å²) in [6, 6.07) is 7.66. The molecule has 2 rings (SSSR count). The quantitative estimate of drug-likeness (QED) is 0.204. The molecular weight excluding hydrogens is 440 g/mol. The molecule has 2 heteroatoms. The number of allylic oxidation sites excluding steroid dienone is 6. The van der Waals surface area contributed by atoms with Crippen LogP contribution in [0.3, 0.4) is 0 Å². The Morgan fingerprint density at radius 3 is 2.47 bits per heavy atom. The highest BCUT2D eigenvalue weighted by Crippen LogP contribution is 2.49. The van der Waals surface area contributed by atoms with Crippen LogP contribution in [0.2, 0.25) is 0 Å². The third-order valence-electron chi connectivity index (χ3n) is 7.88. The van der Waals surface area contributed by atoms with Crippen molar-refractivity contribution in [3.05, 3.63) is 90.1 Å². The summed E-state index contributed by atoms with van der Waals surface area (Å²) in [6.45, 7) is 24.1. The molecule has 1 saturated carbocycles. The fourth-order valence-electron chi connectivity index (χ4n) is 5.19. The Balaban J connectivity index is 1.79. The van der Waals surface area contributed by atoms with Gasteiger partial charge in [-0.2, -0.15) is 0 Å². The lowest BCUT2D eigenvalue weighted by molar-refractivity contribution is 0.0484. The number of hydrogen-bond acceptors (Lipinski definition) is 2. The molecule has 0 aromatic heterocycles. The van der Waals surface area contributed by atoms with Gasteiger partial charge in [0.15, 0.2) is 0 Å². The molecule has 0 amide bonds. The van der Waals surface area contributed by atoms with Crippen LogP contribution >= 0.6 is 0 Å². The van der Waals surface area contributed by atoms with E-state index in [-0.39, 0.29) is 11.4 Å². The molecule has 196 valence electrons. The van der Waals surface area contributed by atoms with Gasteiger partial charge in [0.2, 0.25) is 0 Å². The highest BCUT2D eigenvalue weighted by atomic mass is 16.5. The summed E-state index contributed by atoms with van der Waals surface area (Å²) in [6.07, 6.45) is 16.1. The monoisotopic (exact) mass is 488 g/mol. The van der Waals surface area contributed by atoms with E-state index in [1.165, 1.54) is 16.7 Å². The van der Waals surface area contributed by atoms with Crippen molar-refractivity contribution in [2.24, 2.45) is 23.2 Å². The van der Waals surface area contributed by atoms with Gasteiger partial charge in [0.25, 0.3) is 0 Å². The Kier molecular flexibility index (Phi) is 11.7. The standard InChI is InChI=1S/C34H48O2/c1-9-34(8)22-20-31(24-32(34)26(4)5)28(7)14-11-15-29-16-18-30(19-17-29)33(35)36-23-21-27(6)13-10-12-25(2)3/h9,11-12,15-19,27,31-32H,1,4,7,10,13-14,20-24H2,2-3,5-6,8H3/b15-11+/t27-,31+,32-,34+/m0/s1. The zero-order valence-corrected chi connectivity index (χ0v) is 23.4. The molecule has 1 aromatic rings. The van der Waals surface area contributed by atoms with Crippen LogP contribution in [0.4, 0.5) is 0 Å². The van der Waals surface area contributed by atoms with E-state index in [1.54, 1.807) is 0 Å². The zero-order chi connectivity index (χ0) is 26.7. The van der Waals surface area contributed by atoms with Gasteiger partial charge in [0.1, 0.15) is 0 Å². The van der Waals surface area contributed by atoms with Crippen molar-refractivity contribution in [1.82, 2.24) is 0 Å². The van der Waals surface area contributed by atoms with Gasteiger partial charge in [0.05, 0.1) is 12.2 Å². The van der Waals surface area contributed by atoms with Crippen LogP contribution in [0.5, 0.6) is 0 Å². The van der Waals surface area contributed by atoms with Crippen molar-refractivity contribution < 1.29 is 9.53 Å². The van der Waals surface area contributed by atoms with Crippen LogP contribution in [0.15, 0.2) is 78.9 Å². The van der Waals surface area contributed by atoms with Gasteiger partial charge in [-0.15, -0.1) is 6.58 Å². The number of benzene rings is 1. The Labute approximate surface area is 220 Å². The van der Waals surface area contributed by atoms with Crippen molar-refractivity contribution in [1.29, 1.82) is 0 Å². The summed E-state index contributed by atoms with van der Waals surface area (Å²) >= 11 is 0. The van der Waals surface area contributed by atoms with E-state index in [1.807, 2.05) is 24.3 Å². The highest BCUT2D eigenvalue weighted by molar-refractivity contribution is 5.89. The van der Waals surface area contributed by atoms with Gasteiger partial charge in [0, 0.05) is 0 Å². The fourth-order valence-corrected chi connectivity index (χ4v) is 5.19. The van der Waals surface area contributed by atoms with Crippen LogP contribution in [-0.4, -0.2) is 12.6 Å². The topological polar surface area (TPSA) is 26.3 Å². The molecule has 4 atom stereocenters. The number of carbonyl (C=O) groups is 1. The first kappa shape index (κ1) is 29.6. The minimum absolute atomic E-state index is 0.144. The van der Waals surface area contributed by atoms with Gasteiger partial charge in [-0.25, -0.2) is 4.79 Å². The largest absolute Gasteiger partial charge is 0.462 e. The van der Waals surface area contributed by atoms with Crippen LogP contribution in [0.1, 0.15) is 95.5 Å². The average molecular weight is 489 g/mol. The normalized spacial score (nSPS) is 22.6. The predicted octanol–water partition coefficient (Wildman–Crippen LogP) is 9.76. The lowest BCUT2D eigenvalue weighted by Gasteiger charge is -2.43. The molecular formula is C34H48O2. The van der Waals surface area contributed by atoms with Crippen molar-refractivity contribution >= 4 is 12.0 Å². The SMILES string of the molecule is C=C[C@]1(C)CC[C@@H](C(=C)C/C=C/c2ccc(C(=O)OCC[C@@H](C)CCC=C(C)C)cc2)C[C@H]1C(=C)C. The molecule has 0 aliphatic heterocycles. The third kappa shape index (κ3) is 9.12. The molecule has 1 aliphatic rings. The van der Waals surface area contributed by atoms with E-state index < -0.39 is 0 Å². The maximum atomic E-state index is 12.4. The average Bonchev–Trinajstić information content (AvgIpc) is 2.84. The van der Waals surface area contributed by atoms with Crippen LogP contribution in [0.25, 0.3) is 6.08 Å². The number of esters is 1. The van der Waals surface area contributed by atoms with E-state index in [0.29, 0.717) is 29.9 Å². The van der Waals surface area contributed by atoms with Crippen LogP contribution in [-0.2, 0) is 4.74 Å². The molecule has 0 unspecified atom stereocenters. The minimum Gasteiger partial charge on any atom is -0.462 e. The van der Waals surface area contributed by atoms with Gasteiger partial charge in [-0.1, -0.05) is 80.2 Å². The molecule has 2 nitrogen and oxygen atoms in total. The second-order valence-electron chi connectivity index (χ2n) is 11.4. The maximum Gasteiger partial charge on any atom is 0.338 e. The molecule has 1 aromatic carbocycles. The maximum absolute atomic E-state index is 12.4. The second-order valence-corrected chi connectivity index (χ2v) is 11.4. The molecule has 0 bridgehead atoms. The molecule has 0 N–H and O–H groups in total. The lowest BCUT2D eigenvalue weighted by Crippen LogP contribution is -2.33. The first-order valence-corrected chi connectivity index (χ1v) is 13.6. The van der Waals surface area contributed by atoms with Gasteiger partial charge in [-0.3, -0.25) is 0 Å². The lowest BCUT2D eigenvalue weighted by atomic mass is 9.61. The smallest absolute Gasteiger partial charge is 0.338 e. The van der Waals surface area contributed by atoms with Crippen LogP contribution < -0.4 is 0 Å². The molecule has 1 fully saturated rings. The Morgan fingerprint density at radius 1 is 1.17 bits per heavy atom. The summed E-state index contributed by atoms with van der Waals surface area (Å²) < 4.78 is 5.50. The third-order valence-corrected chi connectivity index (χ3v) is 7.88. The van der Waals surface area contributed by atoms with Gasteiger partial charge < -0.3 is 4.74 Å². The summed E-state index contributed by atoms with van der Waals surface area (Å²) in [4.78, 5) is 12.4. The molecule has 0 saturated heterocycles. The van der Waals surface area contributed by atoms with E-state index >= 15 is 0 Å². The number of rotatable bonds is 13. The summed E-state index contributed by atoms with van der Waals surface area (Å²) in [5.74, 6) is 1.29. The highest BCUT2D eigenvalue weighted by Gasteiger charge is 2.38. The number of ether oxygens (including phenoxy) is 1. The van der Waals surface area contributed by atoms with Crippen molar-refractivity contribution in [3.63, 3.8) is 0 Å². The fraction of sp³-hybridized carbons (Fsp3) is 0.500. The number of hydrogen-bond donors (Lipinski definition) is 0. The summed E-state index contributed by atoms with van der Waals surface area (Å²) in [5, 5.41) is 0. The number of carbonyl (C=O) groups excluding carboxylic acids is 1. The first-order chi connectivity index (χ1) is 17.1. The van der Waals surface area contributed by atoms with Gasteiger partial charge >= 0.3 is 5.97 Å². The van der Waals surface area contributed by atoms with E-state index in [2.05, 4.69) is 78.7 Å². The van der Waals surface area contributed by atoms with E-state index in [4.69, 9.17) is 4.74 Å². The Morgan fingerprint density at radius 2 is 1.86 bits per heavy atom. The minimum atomic E-state index is -0.244. The predicted molar refractivity (Wildman–Crippen MR) is 156 cm³/mol. The molecule has 0 heterocycles. The Hall–Kier alpha value is -2.61. The zero-order valence-electron chi connectivity index (χ0n) is 23.4. The molecule has 1 aliphatic carbocycles. The summed E-state index contributed by atoms with van der Waals surface area (Å²) in [5.41, 5.74) is 5.72.